The van der Waals surface area contributed by atoms with Crippen molar-refractivity contribution in [3.05, 3.63) is 29.8 Å². The molecule has 2 amide bonds. The Morgan fingerprint density at radius 2 is 1.60 bits per heavy atom. The van der Waals surface area contributed by atoms with Crippen molar-refractivity contribution < 1.29 is 18.0 Å². The fourth-order valence-electron chi connectivity index (χ4n) is 2.69. The second-order valence-corrected chi connectivity index (χ2v) is 8.02. The summed E-state index contributed by atoms with van der Waals surface area (Å²) in [5.74, 6) is -0.360. The maximum atomic E-state index is 12.6. The van der Waals surface area contributed by atoms with Crippen molar-refractivity contribution in [1.82, 2.24) is 14.9 Å². The molecule has 0 spiro atoms. The predicted octanol–water partition coefficient (Wildman–Crippen LogP) is 1.12. The van der Waals surface area contributed by atoms with Crippen LogP contribution in [0.1, 0.15) is 43.0 Å². The Balaban J connectivity index is 1.90. The lowest BCUT2D eigenvalue weighted by molar-refractivity contribution is -0.118. The van der Waals surface area contributed by atoms with E-state index in [0.29, 0.717) is 38.2 Å². The van der Waals surface area contributed by atoms with Gasteiger partial charge < -0.3 is 10.6 Å². The summed E-state index contributed by atoms with van der Waals surface area (Å²) < 4.78 is 26.6. The molecule has 1 aromatic rings. The van der Waals surface area contributed by atoms with Crippen LogP contribution in [0.25, 0.3) is 0 Å². The Hall–Kier alpha value is -1.93. The standard InChI is InChI=1S/C17H25N3O4S/c1-14(21)18-10-5-11-19-17(22)15-6-8-16(9-7-15)25(23,24)20-12-3-2-4-13-20/h6-9H,2-5,10-13H2,1H3,(H,18,21)(H,19,22). The first-order valence-corrected chi connectivity index (χ1v) is 9.98. The lowest BCUT2D eigenvalue weighted by Crippen LogP contribution is -2.35. The van der Waals surface area contributed by atoms with Crippen LogP contribution < -0.4 is 10.6 Å². The van der Waals surface area contributed by atoms with E-state index in [4.69, 9.17) is 0 Å². The van der Waals surface area contributed by atoms with Gasteiger partial charge in [0.2, 0.25) is 15.9 Å². The van der Waals surface area contributed by atoms with Crippen molar-refractivity contribution in [2.24, 2.45) is 0 Å². The molecule has 0 saturated carbocycles. The number of benzene rings is 1. The molecular formula is C17H25N3O4S. The molecule has 0 bridgehead atoms. The summed E-state index contributed by atoms with van der Waals surface area (Å²) in [5.41, 5.74) is 0.414. The van der Waals surface area contributed by atoms with Gasteiger partial charge in [0.25, 0.3) is 5.91 Å². The smallest absolute Gasteiger partial charge is 0.251 e. The topological polar surface area (TPSA) is 95.6 Å². The highest BCUT2D eigenvalue weighted by Crippen LogP contribution is 2.20. The first-order chi connectivity index (χ1) is 11.9. The summed E-state index contributed by atoms with van der Waals surface area (Å²) in [5, 5.41) is 5.40. The Bertz CT molecular complexity index is 695. The second-order valence-electron chi connectivity index (χ2n) is 6.08. The molecule has 0 aliphatic carbocycles. The average molecular weight is 367 g/mol. The third-order valence-corrected chi connectivity index (χ3v) is 6.00. The monoisotopic (exact) mass is 367 g/mol. The number of carbonyl (C=O) groups excluding carboxylic acids is 2. The molecule has 1 heterocycles. The van der Waals surface area contributed by atoms with Gasteiger partial charge in [0, 0.05) is 38.7 Å². The van der Waals surface area contributed by atoms with Crippen LogP contribution in [0.5, 0.6) is 0 Å². The van der Waals surface area contributed by atoms with E-state index in [-0.39, 0.29) is 16.7 Å². The molecule has 2 rings (SSSR count). The maximum Gasteiger partial charge on any atom is 0.251 e. The van der Waals surface area contributed by atoms with Crippen molar-refractivity contribution in [3.63, 3.8) is 0 Å². The van der Waals surface area contributed by atoms with Gasteiger partial charge in [-0.25, -0.2) is 8.42 Å². The summed E-state index contributed by atoms with van der Waals surface area (Å²) in [6.07, 6.45) is 3.47. The van der Waals surface area contributed by atoms with Crippen molar-refractivity contribution in [2.75, 3.05) is 26.2 Å². The predicted molar refractivity (Wildman–Crippen MR) is 94.7 cm³/mol. The minimum Gasteiger partial charge on any atom is -0.356 e. The zero-order valence-electron chi connectivity index (χ0n) is 14.5. The fraction of sp³-hybridized carbons (Fsp3) is 0.529. The van der Waals surface area contributed by atoms with E-state index in [2.05, 4.69) is 10.6 Å². The highest BCUT2D eigenvalue weighted by atomic mass is 32.2. The fourth-order valence-corrected chi connectivity index (χ4v) is 4.21. The Morgan fingerprint density at radius 3 is 2.20 bits per heavy atom. The van der Waals surface area contributed by atoms with E-state index in [9.17, 15) is 18.0 Å². The molecule has 0 atom stereocenters. The van der Waals surface area contributed by atoms with E-state index in [1.54, 1.807) is 0 Å². The van der Waals surface area contributed by atoms with Gasteiger partial charge in [-0.2, -0.15) is 4.31 Å². The van der Waals surface area contributed by atoms with Crippen molar-refractivity contribution in [3.8, 4) is 0 Å². The first-order valence-electron chi connectivity index (χ1n) is 8.54. The number of rotatable bonds is 7. The van der Waals surface area contributed by atoms with Gasteiger partial charge in [-0.3, -0.25) is 9.59 Å². The molecule has 1 aliphatic heterocycles. The number of nitrogens with zero attached hydrogens (tertiary/aromatic N) is 1. The van der Waals surface area contributed by atoms with Crippen molar-refractivity contribution in [2.45, 2.75) is 37.5 Å². The number of hydrogen-bond acceptors (Lipinski definition) is 4. The normalized spacial score (nSPS) is 15.6. The molecular weight excluding hydrogens is 342 g/mol. The number of amides is 2. The van der Waals surface area contributed by atoms with Gasteiger partial charge in [0.15, 0.2) is 0 Å². The quantitative estimate of drug-likeness (QED) is 0.706. The van der Waals surface area contributed by atoms with Gasteiger partial charge in [-0.05, 0) is 43.5 Å². The number of sulfonamides is 1. The molecule has 138 valence electrons. The largest absolute Gasteiger partial charge is 0.356 e. The third-order valence-electron chi connectivity index (χ3n) is 4.08. The number of hydrogen-bond donors (Lipinski definition) is 2. The zero-order valence-corrected chi connectivity index (χ0v) is 15.3. The molecule has 7 nitrogen and oxygen atoms in total. The SMILES string of the molecule is CC(=O)NCCCNC(=O)c1ccc(S(=O)(=O)N2CCCCC2)cc1. The van der Waals surface area contributed by atoms with E-state index in [1.165, 1.54) is 35.5 Å². The van der Waals surface area contributed by atoms with Gasteiger partial charge in [0.1, 0.15) is 0 Å². The number of carbonyl (C=O) groups is 2. The summed E-state index contributed by atoms with van der Waals surface area (Å²) in [7, 11) is -3.48. The van der Waals surface area contributed by atoms with Gasteiger partial charge in [-0.1, -0.05) is 6.42 Å². The molecule has 25 heavy (non-hydrogen) atoms. The summed E-state index contributed by atoms with van der Waals surface area (Å²) >= 11 is 0. The van der Waals surface area contributed by atoms with E-state index in [1.807, 2.05) is 0 Å². The molecule has 0 radical (unpaired) electrons. The molecule has 1 fully saturated rings. The van der Waals surface area contributed by atoms with Gasteiger partial charge in [0.05, 0.1) is 4.90 Å². The highest BCUT2D eigenvalue weighted by molar-refractivity contribution is 7.89. The first kappa shape index (κ1) is 19.4. The van der Waals surface area contributed by atoms with Crippen LogP contribution >= 0.6 is 0 Å². The van der Waals surface area contributed by atoms with E-state index in [0.717, 1.165) is 19.3 Å². The minimum atomic E-state index is -3.48. The molecule has 2 N–H and O–H groups in total. The van der Waals surface area contributed by atoms with Crippen LogP contribution in [0, 0.1) is 0 Å². The lowest BCUT2D eigenvalue weighted by atomic mass is 10.2. The van der Waals surface area contributed by atoms with Crippen LogP contribution in [0.2, 0.25) is 0 Å². The van der Waals surface area contributed by atoms with Crippen molar-refractivity contribution in [1.29, 1.82) is 0 Å². The van der Waals surface area contributed by atoms with Crippen molar-refractivity contribution >= 4 is 21.8 Å². The molecule has 1 aliphatic rings. The Morgan fingerprint density at radius 1 is 1.00 bits per heavy atom. The summed E-state index contributed by atoms with van der Waals surface area (Å²) in [6.45, 7) is 3.49. The molecule has 1 aromatic carbocycles. The maximum absolute atomic E-state index is 12.6. The highest BCUT2D eigenvalue weighted by Gasteiger charge is 2.25. The van der Waals surface area contributed by atoms with Crippen LogP contribution in [0.3, 0.4) is 0 Å². The van der Waals surface area contributed by atoms with Gasteiger partial charge >= 0.3 is 0 Å². The Labute approximate surface area is 148 Å². The average Bonchev–Trinajstić information content (AvgIpc) is 2.62. The van der Waals surface area contributed by atoms with E-state index < -0.39 is 10.0 Å². The summed E-state index contributed by atoms with van der Waals surface area (Å²) in [6, 6.07) is 6.02. The Kier molecular flexibility index (Phi) is 6.95. The zero-order chi connectivity index (χ0) is 18.3. The number of nitrogens with one attached hydrogen (secondary N) is 2. The van der Waals surface area contributed by atoms with Gasteiger partial charge in [-0.15, -0.1) is 0 Å². The van der Waals surface area contributed by atoms with Crippen LogP contribution in [-0.2, 0) is 14.8 Å². The van der Waals surface area contributed by atoms with Crippen LogP contribution in [0.4, 0.5) is 0 Å². The van der Waals surface area contributed by atoms with Crippen LogP contribution in [-0.4, -0.2) is 50.7 Å². The molecule has 1 saturated heterocycles. The molecule has 0 aromatic heterocycles. The van der Waals surface area contributed by atoms with E-state index >= 15 is 0 Å². The third kappa shape index (κ3) is 5.54. The second kappa shape index (κ2) is 8.96. The number of piperidine rings is 1. The molecule has 0 unspecified atom stereocenters. The minimum absolute atomic E-state index is 0.100. The summed E-state index contributed by atoms with van der Waals surface area (Å²) in [4.78, 5) is 23.0. The van der Waals surface area contributed by atoms with Crippen LogP contribution in [0.15, 0.2) is 29.2 Å². The lowest BCUT2D eigenvalue weighted by Gasteiger charge is -2.25. The molecule has 8 heteroatoms.